The maximum Gasteiger partial charge on any atom is 0.256 e. The molecule has 188 valence electrons. The minimum Gasteiger partial charge on any atom is -0.358 e. The highest BCUT2D eigenvalue weighted by molar-refractivity contribution is 6.36. The zero-order chi connectivity index (χ0) is 25.8. The number of benzene rings is 2. The zero-order valence-corrected chi connectivity index (χ0v) is 21.3. The maximum absolute atomic E-state index is 13.9. The van der Waals surface area contributed by atoms with Crippen LogP contribution in [-0.4, -0.2) is 47.9 Å². The summed E-state index contributed by atoms with van der Waals surface area (Å²) in [5.41, 5.74) is 6.17. The van der Waals surface area contributed by atoms with Gasteiger partial charge < -0.3 is 20.5 Å². The van der Waals surface area contributed by atoms with Crippen LogP contribution < -0.4 is 10.6 Å². The number of fused-ring (bicyclic) bond motifs is 1. The summed E-state index contributed by atoms with van der Waals surface area (Å²) in [7, 11) is 0. The summed E-state index contributed by atoms with van der Waals surface area (Å²) in [6.45, 7) is 11.5. The third-order valence-corrected chi connectivity index (χ3v) is 6.79. The van der Waals surface area contributed by atoms with Crippen LogP contribution in [0.5, 0.6) is 0 Å². The average molecular weight is 489 g/mol. The van der Waals surface area contributed by atoms with Crippen LogP contribution in [0.2, 0.25) is 0 Å². The van der Waals surface area contributed by atoms with E-state index >= 15 is 0 Å². The van der Waals surface area contributed by atoms with E-state index in [1.165, 1.54) is 12.1 Å². The number of hydrogen-bond donors (Lipinski definition) is 3. The highest BCUT2D eigenvalue weighted by Gasteiger charge is 2.28. The summed E-state index contributed by atoms with van der Waals surface area (Å²) < 4.78 is 13.9. The molecule has 6 nitrogen and oxygen atoms in total. The Balaban J connectivity index is 1.62. The fourth-order valence-corrected chi connectivity index (χ4v) is 4.82. The molecule has 0 radical (unpaired) electrons. The fourth-order valence-electron chi connectivity index (χ4n) is 4.82. The van der Waals surface area contributed by atoms with E-state index in [1.54, 1.807) is 12.1 Å². The number of aromatic nitrogens is 1. The Labute approximate surface area is 211 Å². The van der Waals surface area contributed by atoms with Gasteiger partial charge in [-0.25, -0.2) is 4.39 Å². The number of anilines is 1. The van der Waals surface area contributed by atoms with Crippen LogP contribution in [0.4, 0.5) is 10.1 Å². The van der Waals surface area contributed by atoms with Gasteiger partial charge in [-0.05, 0) is 80.9 Å². The lowest BCUT2D eigenvalue weighted by Gasteiger charge is -2.17. The third-order valence-electron chi connectivity index (χ3n) is 6.79. The third kappa shape index (κ3) is 5.11. The molecule has 0 unspecified atom stereocenters. The molecule has 3 aromatic rings. The summed E-state index contributed by atoms with van der Waals surface area (Å²) >= 11 is 0. The Hall–Kier alpha value is -3.71. The number of aromatic amines is 1. The summed E-state index contributed by atoms with van der Waals surface area (Å²) in [6.07, 6.45) is 2.66. The Morgan fingerprint density at radius 1 is 1.11 bits per heavy atom. The lowest BCUT2D eigenvalue weighted by Crippen LogP contribution is -2.30. The molecule has 2 heterocycles. The summed E-state index contributed by atoms with van der Waals surface area (Å²) in [5, 5.41) is 5.94. The summed E-state index contributed by atoms with van der Waals surface area (Å²) in [6, 6.07) is 11.9. The summed E-state index contributed by atoms with van der Waals surface area (Å²) in [4.78, 5) is 31.5. The number of carbonyl (C=O) groups excluding carboxylic acids is 2. The van der Waals surface area contributed by atoms with Crippen molar-refractivity contribution in [3.63, 3.8) is 0 Å². The average Bonchev–Trinajstić information content (AvgIpc) is 3.33. The smallest absolute Gasteiger partial charge is 0.256 e. The summed E-state index contributed by atoms with van der Waals surface area (Å²) in [5.74, 6) is -0.693. The van der Waals surface area contributed by atoms with Crippen LogP contribution in [0.15, 0.2) is 42.5 Å². The number of H-pyrrole nitrogens is 1. The van der Waals surface area contributed by atoms with E-state index in [9.17, 15) is 14.0 Å². The molecule has 7 heteroatoms. The molecule has 2 amide bonds. The van der Waals surface area contributed by atoms with E-state index in [4.69, 9.17) is 0 Å². The zero-order valence-electron chi connectivity index (χ0n) is 21.3. The van der Waals surface area contributed by atoms with Gasteiger partial charge in [0.05, 0.1) is 11.1 Å². The number of amides is 2. The van der Waals surface area contributed by atoms with E-state index in [0.717, 1.165) is 48.4 Å². The van der Waals surface area contributed by atoms with E-state index in [0.29, 0.717) is 34.6 Å². The van der Waals surface area contributed by atoms with Gasteiger partial charge in [-0.3, -0.25) is 9.59 Å². The lowest BCUT2D eigenvalue weighted by atomic mass is 9.94. The van der Waals surface area contributed by atoms with Crippen LogP contribution in [0.3, 0.4) is 0 Å². The monoisotopic (exact) mass is 488 g/mol. The molecule has 0 aliphatic carbocycles. The van der Waals surface area contributed by atoms with E-state index in [1.807, 2.05) is 38.1 Å². The first-order valence-electron chi connectivity index (χ1n) is 12.5. The van der Waals surface area contributed by atoms with Crippen molar-refractivity contribution in [2.45, 2.75) is 34.1 Å². The SMILES string of the molecule is CCN(CC)CCCNC(=O)c1c(C)[nH]c(C=C2C(=O)Nc3cccc(-c4cccc(F)c4)c32)c1C. The Bertz CT molecular complexity index is 1320. The van der Waals surface area contributed by atoms with Gasteiger partial charge in [0.15, 0.2) is 0 Å². The molecule has 1 aliphatic rings. The number of carbonyl (C=O) groups is 2. The number of hydrogen-bond acceptors (Lipinski definition) is 3. The minimum absolute atomic E-state index is 0.123. The number of aryl methyl sites for hydroxylation is 1. The molecule has 3 N–H and O–H groups in total. The molecule has 1 aliphatic heterocycles. The first kappa shape index (κ1) is 25.4. The van der Waals surface area contributed by atoms with E-state index in [-0.39, 0.29) is 17.6 Å². The van der Waals surface area contributed by atoms with Crippen molar-refractivity contribution in [3.8, 4) is 11.1 Å². The largest absolute Gasteiger partial charge is 0.358 e. The first-order valence-corrected chi connectivity index (χ1v) is 12.5. The molecule has 0 bridgehead atoms. The van der Waals surface area contributed by atoms with Crippen LogP contribution in [-0.2, 0) is 4.79 Å². The van der Waals surface area contributed by atoms with Crippen molar-refractivity contribution in [3.05, 3.63) is 76.4 Å². The highest BCUT2D eigenvalue weighted by Crippen LogP contribution is 2.40. The normalized spacial score (nSPS) is 13.8. The van der Waals surface area contributed by atoms with Gasteiger partial charge >= 0.3 is 0 Å². The molecule has 0 saturated carbocycles. The molecule has 1 aromatic heterocycles. The molecule has 4 rings (SSSR count). The topological polar surface area (TPSA) is 77.2 Å². The first-order chi connectivity index (χ1) is 17.3. The molecule has 0 fully saturated rings. The van der Waals surface area contributed by atoms with Crippen molar-refractivity contribution >= 4 is 29.2 Å². The van der Waals surface area contributed by atoms with Gasteiger partial charge in [0.2, 0.25) is 0 Å². The van der Waals surface area contributed by atoms with Crippen molar-refractivity contribution in [2.24, 2.45) is 0 Å². The predicted molar refractivity (Wildman–Crippen MR) is 143 cm³/mol. The van der Waals surface area contributed by atoms with Crippen LogP contribution >= 0.6 is 0 Å². The second-order valence-electron chi connectivity index (χ2n) is 9.05. The minimum atomic E-state index is -0.337. The van der Waals surface area contributed by atoms with Crippen molar-refractivity contribution in [1.82, 2.24) is 15.2 Å². The molecule has 0 atom stereocenters. The quantitative estimate of drug-likeness (QED) is 0.279. The standard InChI is InChI=1S/C29H33FN4O2/c1-5-34(6-2)15-9-14-31-29(36)26-18(3)25(32-19(26)4)17-23-27-22(20-10-7-11-21(30)16-20)12-8-13-24(27)33-28(23)35/h7-8,10-13,16-17,32H,5-6,9,14-15H2,1-4H3,(H,31,36)(H,33,35). The van der Waals surface area contributed by atoms with Crippen molar-refractivity contribution in [2.75, 3.05) is 31.5 Å². The predicted octanol–water partition coefficient (Wildman–Crippen LogP) is 5.39. The number of rotatable bonds is 9. The number of halogens is 1. The maximum atomic E-state index is 13.9. The van der Waals surface area contributed by atoms with Crippen molar-refractivity contribution < 1.29 is 14.0 Å². The Morgan fingerprint density at radius 3 is 2.58 bits per heavy atom. The molecule has 0 saturated heterocycles. The number of nitrogens with zero attached hydrogens (tertiary/aromatic N) is 1. The molecule has 36 heavy (non-hydrogen) atoms. The van der Waals surface area contributed by atoms with Gasteiger partial charge in [-0.1, -0.05) is 38.1 Å². The van der Waals surface area contributed by atoms with Gasteiger partial charge in [0.25, 0.3) is 11.8 Å². The van der Waals surface area contributed by atoms with Gasteiger partial charge in [0, 0.05) is 29.2 Å². The molecular weight excluding hydrogens is 455 g/mol. The molecule has 0 spiro atoms. The van der Waals surface area contributed by atoms with Gasteiger partial charge in [-0.15, -0.1) is 0 Å². The Morgan fingerprint density at radius 2 is 1.86 bits per heavy atom. The van der Waals surface area contributed by atoms with Crippen LogP contribution in [0.1, 0.15) is 53.1 Å². The fraction of sp³-hybridized carbons (Fsp3) is 0.310. The molecular formula is C29H33FN4O2. The molecule has 2 aromatic carbocycles. The van der Waals surface area contributed by atoms with Crippen LogP contribution in [0.25, 0.3) is 22.8 Å². The van der Waals surface area contributed by atoms with Gasteiger partial charge in [-0.2, -0.15) is 0 Å². The van der Waals surface area contributed by atoms with Crippen LogP contribution in [0, 0.1) is 19.7 Å². The van der Waals surface area contributed by atoms with E-state index in [2.05, 4.69) is 34.4 Å². The number of nitrogens with one attached hydrogen (secondary N) is 3. The van der Waals surface area contributed by atoms with E-state index < -0.39 is 0 Å². The second kappa shape index (κ2) is 10.9. The highest BCUT2D eigenvalue weighted by atomic mass is 19.1. The Kier molecular flexibility index (Phi) is 7.70. The second-order valence-corrected chi connectivity index (χ2v) is 9.05. The lowest BCUT2D eigenvalue weighted by molar-refractivity contribution is -0.110. The van der Waals surface area contributed by atoms with Gasteiger partial charge in [0.1, 0.15) is 5.82 Å². The van der Waals surface area contributed by atoms with Crippen molar-refractivity contribution in [1.29, 1.82) is 0 Å².